The molecule has 4 rings (SSSR count). The second-order valence-corrected chi connectivity index (χ2v) is 10.1. The van der Waals surface area contributed by atoms with Crippen LogP contribution in [0.4, 0.5) is 11.4 Å². The number of hydrogen-bond acceptors (Lipinski definition) is 4. The van der Waals surface area contributed by atoms with Crippen LogP contribution in [0.3, 0.4) is 0 Å². The van der Waals surface area contributed by atoms with Gasteiger partial charge in [0.1, 0.15) is 0 Å². The summed E-state index contributed by atoms with van der Waals surface area (Å²) in [6, 6.07) is 19.9. The molecule has 1 aliphatic rings. The van der Waals surface area contributed by atoms with Gasteiger partial charge in [0.05, 0.1) is 10.6 Å². The summed E-state index contributed by atoms with van der Waals surface area (Å²) >= 11 is 0. The number of sulfonamides is 1. The van der Waals surface area contributed by atoms with Crippen molar-refractivity contribution >= 4 is 33.2 Å². The van der Waals surface area contributed by atoms with Crippen molar-refractivity contribution in [2.45, 2.75) is 30.7 Å². The van der Waals surface area contributed by atoms with Crippen LogP contribution < -0.4 is 14.9 Å². The first-order valence-corrected chi connectivity index (χ1v) is 12.1. The summed E-state index contributed by atoms with van der Waals surface area (Å²) in [5, 5.41) is 5.70. The maximum Gasteiger partial charge on any atom is 0.264 e. The van der Waals surface area contributed by atoms with E-state index in [2.05, 4.69) is 10.6 Å². The van der Waals surface area contributed by atoms with E-state index in [0.717, 1.165) is 18.4 Å². The van der Waals surface area contributed by atoms with E-state index in [1.165, 1.54) is 11.4 Å². The molecule has 0 unspecified atom stereocenters. The highest BCUT2D eigenvalue weighted by molar-refractivity contribution is 7.92. The van der Waals surface area contributed by atoms with E-state index < -0.39 is 10.0 Å². The minimum absolute atomic E-state index is 0.157. The van der Waals surface area contributed by atoms with E-state index in [-0.39, 0.29) is 22.8 Å². The fraction of sp³-hybridized carbons (Fsp3) is 0.200. The molecule has 0 atom stereocenters. The van der Waals surface area contributed by atoms with Gasteiger partial charge in [-0.1, -0.05) is 23.8 Å². The number of nitrogens with zero attached hydrogens (tertiary/aromatic N) is 1. The van der Waals surface area contributed by atoms with Crippen molar-refractivity contribution in [3.8, 4) is 0 Å². The van der Waals surface area contributed by atoms with Crippen molar-refractivity contribution in [2.24, 2.45) is 0 Å². The van der Waals surface area contributed by atoms with Gasteiger partial charge in [-0.3, -0.25) is 13.9 Å². The van der Waals surface area contributed by atoms with Gasteiger partial charge in [0.2, 0.25) is 0 Å². The number of nitrogens with one attached hydrogen (secondary N) is 2. The summed E-state index contributed by atoms with van der Waals surface area (Å²) in [5.41, 5.74) is 2.77. The average Bonchev–Trinajstić information content (AvgIpc) is 3.63. The van der Waals surface area contributed by atoms with Gasteiger partial charge in [0.15, 0.2) is 0 Å². The second-order valence-electron chi connectivity index (χ2n) is 8.12. The number of amides is 2. The third-order valence-corrected chi connectivity index (χ3v) is 7.27. The number of aryl methyl sites for hydroxylation is 1. The third-order valence-electron chi connectivity index (χ3n) is 5.47. The Bertz CT molecular complexity index is 1280. The number of anilines is 2. The van der Waals surface area contributed by atoms with Gasteiger partial charge in [-0.2, -0.15) is 0 Å². The minimum atomic E-state index is -3.71. The van der Waals surface area contributed by atoms with Crippen LogP contribution in [-0.4, -0.2) is 33.3 Å². The van der Waals surface area contributed by atoms with Crippen LogP contribution in [0.2, 0.25) is 0 Å². The molecule has 0 heterocycles. The Morgan fingerprint density at radius 2 is 1.55 bits per heavy atom. The third kappa shape index (κ3) is 5.23. The lowest BCUT2D eigenvalue weighted by Crippen LogP contribution is -2.26. The highest BCUT2D eigenvalue weighted by Gasteiger charge is 2.24. The Kier molecular flexibility index (Phi) is 6.20. The number of benzene rings is 3. The fourth-order valence-corrected chi connectivity index (χ4v) is 4.46. The average molecular weight is 464 g/mol. The molecule has 0 spiro atoms. The summed E-state index contributed by atoms with van der Waals surface area (Å²) in [5.74, 6) is -0.513. The Morgan fingerprint density at radius 1 is 0.879 bits per heavy atom. The molecule has 8 heteroatoms. The molecule has 3 aromatic rings. The van der Waals surface area contributed by atoms with Crippen LogP contribution in [0.25, 0.3) is 0 Å². The van der Waals surface area contributed by atoms with E-state index in [4.69, 9.17) is 0 Å². The van der Waals surface area contributed by atoms with E-state index in [1.54, 1.807) is 72.8 Å². The molecule has 2 amide bonds. The topological polar surface area (TPSA) is 95.6 Å². The summed E-state index contributed by atoms with van der Waals surface area (Å²) in [4.78, 5) is 25.1. The predicted octanol–water partition coefficient (Wildman–Crippen LogP) is 3.96. The summed E-state index contributed by atoms with van der Waals surface area (Å²) in [6.07, 6.45) is 2.00. The smallest absolute Gasteiger partial charge is 0.264 e. The van der Waals surface area contributed by atoms with Crippen molar-refractivity contribution in [1.82, 2.24) is 5.32 Å². The zero-order valence-electron chi connectivity index (χ0n) is 18.4. The predicted molar refractivity (Wildman–Crippen MR) is 128 cm³/mol. The molecular weight excluding hydrogens is 438 g/mol. The maximum absolute atomic E-state index is 12.9. The molecule has 170 valence electrons. The molecule has 0 bridgehead atoms. The fourth-order valence-electron chi connectivity index (χ4n) is 3.27. The summed E-state index contributed by atoms with van der Waals surface area (Å²) in [7, 11) is -2.24. The van der Waals surface area contributed by atoms with Gasteiger partial charge in [0.25, 0.3) is 21.8 Å². The molecule has 3 aromatic carbocycles. The van der Waals surface area contributed by atoms with E-state index in [9.17, 15) is 18.0 Å². The maximum atomic E-state index is 12.9. The standard InChI is InChI=1S/C25H25N3O4S/c1-17-6-14-23(15-7-17)33(31,32)28(2)22-12-8-18(9-13-22)24(29)27-21-5-3-4-19(16-21)25(30)26-20-10-11-20/h3-9,12-16,20H,10-11H2,1-2H3,(H,26,30)(H,27,29). The molecule has 33 heavy (non-hydrogen) atoms. The lowest BCUT2D eigenvalue weighted by atomic mass is 10.1. The van der Waals surface area contributed by atoms with Crippen molar-refractivity contribution in [3.63, 3.8) is 0 Å². The molecule has 2 N–H and O–H groups in total. The molecule has 0 saturated heterocycles. The summed E-state index contributed by atoms with van der Waals surface area (Å²) < 4.78 is 26.9. The van der Waals surface area contributed by atoms with Crippen molar-refractivity contribution in [2.75, 3.05) is 16.7 Å². The van der Waals surface area contributed by atoms with Gasteiger partial charge in [-0.15, -0.1) is 0 Å². The zero-order chi connectivity index (χ0) is 23.6. The lowest BCUT2D eigenvalue weighted by molar-refractivity contribution is 0.0949. The van der Waals surface area contributed by atoms with Crippen LogP contribution in [0.15, 0.2) is 77.7 Å². The first kappa shape index (κ1) is 22.5. The highest BCUT2D eigenvalue weighted by atomic mass is 32.2. The quantitative estimate of drug-likeness (QED) is 0.554. The number of carbonyl (C=O) groups excluding carboxylic acids is 2. The Labute approximate surface area is 193 Å². The Morgan fingerprint density at radius 3 is 2.18 bits per heavy atom. The number of rotatable bonds is 7. The van der Waals surface area contributed by atoms with Crippen LogP contribution in [0.5, 0.6) is 0 Å². The van der Waals surface area contributed by atoms with E-state index in [1.807, 2.05) is 6.92 Å². The number of hydrogen-bond donors (Lipinski definition) is 2. The molecular formula is C25H25N3O4S. The zero-order valence-corrected chi connectivity index (χ0v) is 19.2. The molecule has 0 aromatic heterocycles. The van der Waals surface area contributed by atoms with Crippen molar-refractivity contribution in [3.05, 3.63) is 89.5 Å². The molecule has 1 fully saturated rings. The van der Waals surface area contributed by atoms with Gasteiger partial charge < -0.3 is 10.6 Å². The Hall–Kier alpha value is -3.65. The van der Waals surface area contributed by atoms with Crippen LogP contribution in [-0.2, 0) is 10.0 Å². The van der Waals surface area contributed by atoms with Crippen molar-refractivity contribution < 1.29 is 18.0 Å². The van der Waals surface area contributed by atoms with Crippen LogP contribution in [0, 0.1) is 6.92 Å². The molecule has 7 nitrogen and oxygen atoms in total. The largest absolute Gasteiger partial charge is 0.349 e. The van der Waals surface area contributed by atoms with E-state index in [0.29, 0.717) is 22.5 Å². The first-order chi connectivity index (χ1) is 15.7. The lowest BCUT2D eigenvalue weighted by Gasteiger charge is -2.20. The molecule has 0 aliphatic heterocycles. The van der Waals surface area contributed by atoms with Gasteiger partial charge >= 0.3 is 0 Å². The van der Waals surface area contributed by atoms with Crippen LogP contribution >= 0.6 is 0 Å². The van der Waals surface area contributed by atoms with Crippen molar-refractivity contribution in [1.29, 1.82) is 0 Å². The molecule has 1 aliphatic carbocycles. The molecule has 0 radical (unpaired) electrons. The normalized spacial score (nSPS) is 13.3. The monoisotopic (exact) mass is 463 g/mol. The van der Waals surface area contributed by atoms with E-state index >= 15 is 0 Å². The highest BCUT2D eigenvalue weighted by Crippen LogP contribution is 2.23. The van der Waals surface area contributed by atoms with Crippen LogP contribution in [0.1, 0.15) is 39.1 Å². The summed E-state index contributed by atoms with van der Waals surface area (Å²) in [6.45, 7) is 1.89. The minimum Gasteiger partial charge on any atom is -0.349 e. The van der Waals surface area contributed by atoms with Gasteiger partial charge in [-0.25, -0.2) is 8.42 Å². The SMILES string of the molecule is Cc1ccc(S(=O)(=O)N(C)c2ccc(C(=O)Nc3cccc(C(=O)NC4CC4)c3)cc2)cc1. The van der Waals surface area contributed by atoms with Gasteiger partial charge in [0, 0.05) is 29.9 Å². The van der Waals surface area contributed by atoms with Gasteiger partial charge in [-0.05, 0) is 74.4 Å². The Balaban J connectivity index is 1.45. The number of carbonyl (C=O) groups is 2. The first-order valence-electron chi connectivity index (χ1n) is 10.6. The molecule has 1 saturated carbocycles. The second kappa shape index (κ2) is 9.07.